The molecule has 2 fully saturated rings. The van der Waals surface area contributed by atoms with Gasteiger partial charge in [-0.3, -0.25) is 19.1 Å². The van der Waals surface area contributed by atoms with E-state index < -0.39 is 0 Å². The number of unbranched alkanes of at least 4 members (excludes halogenated alkanes) is 9. The van der Waals surface area contributed by atoms with Crippen LogP contribution >= 0.6 is 24.0 Å². The Balaban J connectivity index is 1.70. The third kappa shape index (κ3) is 7.72. The fraction of sp³-hybridized carbons (Fsp3) is 0.667. The maximum Gasteiger partial charge on any atom is 0.270 e. The number of rotatable bonds is 13. The summed E-state index contributed by atoms with van der Waals surface area (Å²) in [6.07, 6.45) is 18.8. The third-order valence-electron chi connectivity index (χ3n) is 7.76. The molecule has 0 bridgehead atoms. The molecule has 1 aromatic rings. The van der Waals surface area contributed by atoms with Crippen LogP contribution in [-0.2, 0) is 11.8 Å². The molecule has 1 aromatic heterocycles. The van der Waals surface area contributed by atoms with Gasteiger partial charge >= 0.3 is 0 Å². The molecule has 1 amide bonds. The number of thioether (sulfide) groups is 1. The van der Waals surface area contributed by atoms with Crippen molar-refractivity contribution in [1.82, 2.24) is 9.47 Å². The summed E-state index contributed by atoms with van der Waals surface area (Å²) in [6, 6.07) is 2.09. The highest BCUT2D eigenvalue weighted by Gasteiger charge is 2.32. The fourth-order valence-corrected chi connectivity index (χ4v) is 6.75. The van der Waals surface area contributed by atoms with Crippen molar-refractivity contribution in [2.45, 2.75) is 104 Å². The van der Waals surface area contributed by atoms with Gasteiger partial charge in [-0.05, 0) is 37.8 Å². The van der Waals surface area contributed by atoms with E-state index in [1.807, 2.05) is 13.0 Å². The van der Waals surface area contributed by atoms with E-state index in [0.717, 1.165) is 50.2 Å². The molecule has 2 aliphatic rings. The van der Waals surface area contributed by atoms with Crippen LogP contribution in [0.1, 0.15) is 114 Å². The topological polar surface area (TPSA) is 69.3 Å². The first-order chi connectivity index (χ1) is 18.4. The lowest BCUT2D eigenvalue weighted by molar-refractivity contribution is -0.122. The lowest BCUT2D eigenvalue weighted by Crippen LogP contribution is -2.34. The average Bonchev–Trinajstić information content (AvgIpc) is 3.07. The van der Waals surface area contributed by atoms with Gasteiger partial charge in [-0.1, -0.05) is 102 Å². The monoisotopic (exact) mass is 556 g/mol. The number of hydrogen-bond donors (Lipinski definition) is 0. The quantitative estimate of drug-likeness (QED) is 0.147. The summed E-state index contributed by atoms with van der Waals surface area (Å²) in [6.45, 7) is 6.43. The predicted molar refractivity (Wildman–Crippen MR) is 164 cm³/mol. The molecule has 2 aliphatic heterocycles. The second-order valence-corrected chi connectivity index (χ2v) is 12.3. The largest absolute Gasteiger partial charge is 0.357 e. The number of nitrogens with zero attached hydrogens (tertiary/aromatic N) is 4. The Kier molecular flexibility index (Phi) is 12.4. The van der Waals surface area contributed by atoms with Gasteiger partial charge in [0.15, 0.2) is 0 Å². The van der Waals surface area contributed by atoms with Crippen LogP contribution in [0.4, 0.5) is 5.82 Å². The Hall–Kier alpha value is -2.11. The summed E-state index contributed by atoms with van der Waals surface area (Å²) in [7, 11) is 1.73. The number of carbonyl (C=O) groups excluding carboxylic acids is 1. The van der Waals surface area contributed by atoms with Crippen LogP contribution in [0, 0.1) is 18.3 Å². The number of thiocarbonyl (C=S) groups is 1. The van der Waals surface area contributed by atoms with E-state index in [2.05, 4.69) is 17.9 Å². The molecular formula is C30H44N4O2S2. The summed E-state index contributed by atoms with van der Waals surface area (Å²) < 4.78 is 2.18. The zero-order chi connectivity index (χ0) is 27.5. The predicted octanol–water partition coefficient (Wildman–Crippen LogP) is 7.07. The van der Waals surface area contributed by atoms with E-state index in [-0.39, 0.29) is 17.0 Å². The lowest BCUT2D eigenvalue weighted by atomic mass is 10.0. The van der Waals surface area contributed by atoms with E-state index >= 15 is 0 Å². The van der Waals surface area contributed by atoms with Crippen molar-refractivity contribution in [3.8, 4) is 6.07 Å². The summed E-state index contributed by atoms with van der Waals surface area (Å²) in [5, 5.41) is 9.72. The number of hydrogen-bond acceptors (Lipinski definition) is 6. The minimum absolute atomic E-state index is 0.0653. The van der Waals surface area contributed by atoms with Crippen molar-refractivity contribution in [2.75, 3.05) is 24.5 Å². The molecule has 6 nitrogen and oxygen atoms in total. The van der Waals surface area contributed by atoms with Crippen LogP contribution < -0.4 is 10.5 Å². The Bertz CT molecular complexity index is 1110. The van der Waals surface area contributed by atoms with Crippen molar-refractivity contribution in [3.05, 3.63) is 31.9 Å². The molecule has 38 heavy (non-hydrogen) atoms. The van der Waals surface area contributed by atoms with Gasteiger partial charge in [0, 0.05) is 32.2 Å². The molecular weight excluding hydrogens is 512 g/mol. The van der Waals surface area contributed by atoms with Crippen LogP contribution in [-0.4, -0.2) is 39.3 Å². The molecule has 2 saturated heterocycles. The molecule has 0 unspecified atom stereocenters. The fourth-order valence-electron chi connectivity index (χ4n) is 5.46. The minimum atomic E-state index is -0.282. The Morgan fingerprint density at radius 3 is 2.11 bits per heavy atom. The number of nitriles is 1. The Morgan fingerprint density at radius 2 is 1.53 bits per heavy atom. The SMILES string of the molecule is CCCCCCCCCCCCN1C(=O)/C(=C\c2c(C)c(C#N)c(=O)n(C)c2N2CCCCCC2)SC1=S. The third-order valence-corrected chi connectivity index (χ3v) is 9.14. The molecule has 3 rings (SSSR count). The van der Waals surface area contributed by atoms with Crippen LogP contribution in [0.25, 0.3) is 6.08 Å². The van der Waals surface area contributed by atoms with E-state index in [0.29, 0.717) is 21.3 Å². The zero-order valence-corrected chi connectivity index (χ0v) is 25.2. The number of pyridine rings is 1. The van der Waals surface area contributed by atoms with Gasteiger partial charge in [0.1, 0.15) is 21.8 Å². The Labute approximate surface area is 238 Å². The normalized spacial score (nSPS) is 17.4. The lowest BCUT2D eigenvalue weighted by Gasteiger charge is -2.28. The molecule has 0 atom stereocenters. The van der Waals surface area contributed by atoms with Crippen molar-refractivity contribution in [2.24, 2.45) is 7.05 Å². The maximum atomic E-state index is 13.4. The first-order valence-corrected chi connectivity index (χ1v) is 15.8. The second-order valence-electron chi connectivity index (χ2n) is 10.6. The first-order valence-electron chi connectivity index (χ1n) is 14.5. The maximum absolute atomic E-state index is 13.4. The van der Waals surface area contributed by atoms with Gasteiger partial charge in [-0.25, -0.2) is 0 Å². The van der Waals surface area contributed by atoms with Gasteiger partial charge in [0.2, 0.25) is 0 Å². The smallest absolute Gasteiger partial charge is 0.270 e. The molecule has 3 heterocycles. The van der Waals surface area contributed by atoms with Crippen LogP contribution in [0.15, 0.2) is 9.70 Å². The Morgan fingerprint density at radius 1 is 0.947 bits per heavy atom. The highest BCUT2D eigenvalue weighted by atomic mass is 32.2. The van der Waals surface area contributed by atoms with Crippen molar-refractivity contribution in [1.29, 1.82) is 5.26 Å². The van der Waals surface area contributed by atoms with Gasteiger partial charge < -0.3 is 4.90 Å². The van der Waals surface area contributed by atoms with Crippen LogP contribution in [0.5, 0.6) is 0 Å². The van der Waals surface area contributed by atoms with Crippen LogP contribution in [0.2, 0.25) is 0 Å². The van der Waals surface area contributed by atoms with E-state index in [1.165, 1.54) is 76.0 Å². The summed E-state index contributed by atoms with van der Waals surface area (Å²) in [5.41, 5.74) is 1.27. The van der Waals surface area contributed by atoms with Crippen LogP contribution in [0.3, 0.4) is 0 Å². The number of carbonyl (C=O) groups is 1. The van der Waals surface area contributed by atoms with Gasteiger partial charge in [0.05, 0.1) is 4.91 Å². The van der Waals surface area contributed by atoms with Crippen molar-refractivity contribution in [3.63, 3.8) is 0 Å². The molecule has 0 N–H and O–H groups in total. The highest BCUT2D eigenvalue weighted by molar-refractivity contribution is 8.26. The molecule has 0 spiro atoms. The molecule has 0 aromatic carbocycles. The number of amides is 1. The number of aromatic nitrogens is 1. The van der Waals surface area contributed by atoms with Gasteiger partial charge in [0.25, 0.3) is 11.5 Å². The van der Waals surface area contributed by atoms with E-state index in [1.54, 1.807) is 16.5 Å². The molecule has 0 radical (unpaired) electrons. The molecule has 208 valence electrons. The first kappa shape index (κ1) is 30.4. The summed E-state index contributed by atoms with van der Waals surface area (Å²) in [5.74, 6) is 0.734. The molecule has 0 aliphatic carbocycles. The van der Waals surface area contributed by atoms with Crippen molar-refractivity contribution < 1.29 is 4.79 Å². The molecule has 8 heteroatoms. The van der Waals surface area contributed by atoms with E-state index in [9.17, 15) is 14.9 Å². The second kappa shape index (κ2) is 15.5. The summed E-state index contributed by atoms with van der Waals surface area (Å²) >= 11 is 6.92. The standard InChI is InChI=1S/C30H44N4O2S2/c1-4-5-6-7-8-9-10-11-12-17-20-34-29(36)26(38-30(34)37)21-24-23(2)25(22-31)28(35)32(3)27(24)33-18-15-13-14-16-19-33/h21H,4-20H2,1-3H3/b26-21+. The van der Waals surface area contributed by atoms with Gasteiger partial charge in [-0.15, -0.1) is 0 Å². The van der Waals surface area contributed by atoms with Gasteiger partial charge in [-0.2, -0.15) is 5.26 Å². The molecule has 0 saturated carbocycles. The zero-order valence-electron chi connectivity index (χ0n) is 23.5. The summed E-state index contributed by atoms with van der Waals surface area (Å²) in [4.78, 5) is 30.9. The minimum Gasteiger partial charge on any atom is -0.357 e. The average molecular weight is 557 g/mol. The van der Waals surface area contributed by atoms with Crippen molar-refractivity contribution >= 4 is 46.1 Å². The number of anilines is 1. The highest BCUT2D eigenvalue weighted by Crippen LogP contribution is 2.36. The van der Waals surface area contributed by atoms with E-state index in [4.69, 9.17) is 12.2 Å².